The van der Waals surface area contributed by atoms with Crippen LogP contribution >= 0.6 is 11.3 Å². The van der Waals surface area contributed by atoms with Crippen LogP contribution in [0.15, 0.2) is 72.5 Å². The molecule has 1 aliphatic carbocycles. The van der Waals surface area contributed by atoms with Crippen molar-refractivity contribution in [3.05, 3.63) is 89.3 Å². The lowest BCUT2D eigenvalue weighted by Crippen LogP contribution is -2.59. The molecule has 9 rings (SSSR count). The Morgan fingerprint density at radius 1 is 0.910 bits per heavy atom. The Kier molecular flexibility index (Phi) is 13.0. The summed E-state index contributed by atoms with van der Waals surface area (Å²) in [5, 5.41) is 38.6. The van der Waals surface area contributed by atoms with Crippen LogP contribution in [0.1, 0.15) is 88.5 Å². The molecule has 17 nitrogen and oxygen atoms in total. The van der Waals surface area contributed by atoms with Crippen molar-refractivity contribution in [2.24, 2.45) is 5.41 Å². The number of amides is 4. The number of thiazole rings is 1. The van der Waals surface area contributed by atoms with Gasteiger partial charge in [0.15, 0.2) is 5.82 Å². The minimum Gasteiger partial charge on any atom is -0.507 e. The van der Waals surface area contributed by atoms with Gasteiger partial charge in [-0.2, -0.15) is 0 Å². The number of rotatable bonds is 11. The molecule has 7 N–H and O–H groups in total. The van der Waals surface area contributed by atoms with E-state index in [9.17, 15) is 24.6 Å². The first-order valence-corrected chi connectivity index (χ1v) is 24.2. The maximum Gasteiger partial charge on any atom is 0.315 e. The number of β-amino-alcohol motifs (C(OH)–C–C–N with tert-alkyl or cyclic N) is 1. The highest BCUT2D eigenvalue weighted by atomic mass is 32.1. The molecule has 6 heterocycles. The number of likely N-dealkylation sites (tertiary alicyclic amines) is 1. The molecular weight excluding hydrogens is 869 g/mol. The van der Waals surface area contributed by atoms with Crippen LogP contribution in [0.5, 0.6) is 5.75 Å². The van der Waals surface area contributed by atoms with Crippen LogP contribution in [0, 0.1) is 12.3 Å². The fraction of sp³-hybridized carbons (Fsp3) is 0.469. The number of nitrogens with zero attached hydrogens (tertiary/aromatic N) is 8. The summed E-state index contributed by atoms with van der Waals surface area (Å²) in [5.41, 5.74) is 13.5. The SMILES string of the molecule is Cc1ncsc1-c1ccc(CNC(=O)[C@@H]2C[C@@H](O)CN2C(=O)[C@@H](NC(=O)N[C@H]2CC[C@@H](c3cnc(N4C5CCC4CN(c4cc(-c6ccccc6O)nnc4N)C5)nc3)CC2)C(C)(C)C)cc1. The molecule has 2 bridgehead atoms. The standard InChI is InChI=1S/C49H60N12O5S/c1-28-42(67-27-54-28)31-11-9-29(10-12-31)21-51-45(64)40-19-36(62)26-60(40)46(65)43(49(2,3)4)56-48(66)55-33-15-13-30(14-16-33)32-22-52-47(53-23-32)61-34-17-18-35(61)25-59(24-34)39-20-38(57-58-44(39)50)37-7-5-6-8-41(37)63/h5-12,20,22-23,27,30,33-36,40,43,62-63H,13-19,21,24-26H2,1-4H3,(H2,50,58)(H,51,64)(H2,55,56,66)/t30-,33+,34?,35?,36-,40+,43-/m1/s1. The summed E-state index contributed by atoms with van der Waals surface area (Å²) in [5.74, 6) is 0.725. The second-order valence-electron chi connectivity index (χ2n) is 19.6. The van der Waals surface area contributed by atoms with E-state index in [1.807, 2.05) is 88.1 Å². The van der Waals surface area contributed by atoms with Crippen molar-refractivity contribution in [2.75, 3.05) is 35.2 Å². The Morgan fingerprint density at radius 2 is 1.61 bits per heavy atom. The molecule has 0 spiro atoms. The molecule has 5 aromatic rings. The minimum absolute atomic E-state index is 0.00558. The Bertz CT molecular complexity index is 2560. The molecule has 4 aliphatic rings. The molecular formula is C49H60N12O5S. The van der Waals surface area contributed by atoms with E-state index >= 15 is 0 Å². The number of nitrogens with two attached hydrogens (primary N) is 1. The van der Waals surface area contributed by atoms with Crippen molar-refractivity contribution in [3.63, 3.8) is 0 Å². The molecule has 3 saturated heterocycles. The molecule has 2 unspecified atom stereocenters. The van der Waals surface area contributed by atoms with Gasteiger partial charge in [-0.05, 0) is 91.7 Å². The number of carbonyl (C=O) groups excluding carboxylic acids is 3. The minimum atomic E-state index is -0.935. The molecule has 3 aliphatic heterocycles. The molecule has 0 radical (unpaired) electrons. The number of carbonyl (C=O) groups is 3. The Hall–Kier alpha value is -6.40. The number of hydrogen-bond acceptors (Lipinski definition) is 14. The van der Waals surface area contributed by atoms with Crippen LogP contribution in [0.4, 0.5) is 22.2 Å². The number of aliphatic hydroxyl groups is 1. The number of phenols is 1. The highest BCUT2D eigenvalue weighted by molar-refractivity contribution is 7.13. The number of aromatic nitrogens is 5. The fourth-order valence-electron chi connectivity index (χ4n) is 10.3. The van der Waals surface area contributed by atoms with Gasteiger partial charge < -0.3 is 46.6 Å². The first-order valence-electron chi connectivity index (χ1n) is 23.3. The van der Waals surface area contributed by atoms with Gasteiger partial charge >= 0.3 is 6.03 Å². The number of nitrogen functional groups attached to an aromatic ring is 1. The predicted molar refractivity (Wildman–Crippen MR) is 257 cm³/mol. The van der Waals surface area contributed by atoms with Gasteiger partial charge in [0, 0.05) is 68.7 Å². The molecule has 2 aromatic carbocycles. The first-order chi connectivity index (χ1) is 32.2. The average Bonchev–Trinajstić information content (AvgIpc) is 4.01. The third-order valence-corrected chi connectivity index (χ3v) is 14.9. The number of aromatic hydroxyl groups is 1. The van der Waals surface area contributed by atoms with Gasteiger partial charge in [0.1, 0.15) is 17.8 Å². The summed E-state index contributed by atoms with van der Waals surface area (Å²) in [6.07, 6.45) is 8.39. The van der Waals surface area contributed by atoms with Gasteiger partial charge in [-0.15, -0.1) is 21.5 Å². The number of hydrogen-bond donors (Lipinski definition) is 6. The van der Waals surface area contributed by atoms with Crippen molar-refractivity contribution in [3.8, 4) is 27.4 Å². The normalized spacial score (nSPS) is 23.2. The largest absolute Gasteiger partial charge is 0.507 e. The molecule has 67 heavy (non-hydrogen) atoms. The molecule has 5 atom stereocenters. The van der Waals surface area contributed by atoms with Crippen LogP contribution in [0.25, 0.3) is 21.7 Å². The molecule has 18 heteroatoms. The highest BCUT2D eigenvalue weighted by Gasteiger charge is 2.45. The number of fused-ring (bicyclic) bond motifs is 2. The summed E-state index contributed by atoms with van der Waals surface area (Å²) in [6, 6.07) is 15.0. The van der Waals surface area contributed by atoms with Gasteiger partial charge in [-0.25, -0.2) is 19.7 Å². The lowest BCUT2D eigenvalue weighted by molar-refractivity contribution is -0.142. The van der Waals surface area contributed by atoms with E-state index < -0.39 is 35.5 Å². The van der Waals surface area contributed by atoms with E-state index in [2.05, 4.69) is 40.9 Å². The number of phenolic OH excluding ortho intramolecular Hbond substituents is 1. The summed E-state index contributed by atoms with van der Waals surface area (Å²) >= 11 is 1.58. The van der Waals surface area contributed by atoms with Gasteiger partial charge in [0.05, 0.1) is 33.6 Å². The predicted octanol–water partition coefficient (Wildman–Crippen LogP) is 5.53. The average molecular weight is 929 g/mol. The first kappa shape index (κ1) is 45.7. The van der Waals surface area contributed by atoms with Crippen LogP contribution in [-0.2, 0) is 16.1 Å². The lowest BCUT2D eigenvalue weighted by atomic mass is 9.82. The zero-order valence-corrected chi connectivity index (χ0v) is 39.2. The Labute approximate surface area is 394 Å². The quantitative estimate of drug-likeness (QED) is 0.0960. The lowest BCUT2D eigenvalue weighted by Gasteiger charge is -2.42. The Morgan fingerprint density at radius 3 is 2.27 bits per heavy atom. The monoisotopic (exact) mass is 928 g/mol. The second kappa shape index (κ2) is 19.1. The zero-order valence-electron chi connectivity index (χ0n) is 38.4. The third kappa shape index (κ3) is 9.86. The summed E-state index contributed by atoms with van der Waals surface area (Å²) in [7, 11) is 0. The number of anilines is 3. The van der Waals surface area contributed by atoms with E-state index in [4.69, 9.17) is 15.7 Å². The Balaban J connectivity index is 0.760. The number of aliphatic hydroxyl groups excluding tert-OH is 1. The number of aryl methyl sites for hydroxylation is 1. The number of benzene rings is 2. The van der Waals surface area contributed by atoms with Crippen LogP contribution in [0.2, 0.25) is 0 Å². The van der Waals surface area contributed by atoms with Crippen molar-refractivity contribution >= 4 is 46.6 Å². The molecule has 352 valence electrons. The second-order valence-corrected chi connectivity index (χ2v) is 20.4. The van der Waals surface area contributed by atoms with Crippen molar-refractivity contribution in [2.45, 2.75) is 121 Å². The van der Waals surface area contributed by atoms with Gasteiger partial charge in [0.25, 0.3) is 0 Å². The topological polar surface area (TPSA) is 228 Å². The van der Waals surface area contributed by atoms with Crippen molar-refractivity contribution in [1.29, 1.82) is 0 Å². The summed E-state index contributed by atoms with van der Waals surface area (Å²) < 4.78 is 0. The number of nitrogens with one attached hydrogen (secondary N) is 3. The van der Waals surface area contributed by atoms with E-state index in [-0.39, 0.29) is 55.2 Å². The smallest absolute Gasteiger partial charge is 0.315 e. The van der Waals surface area contributed by atoms with Gasteiger partial charge in [0.2, 0.25) is 17.8 Å². The summed E-state index contributed by atoms with van der Waals surface area (Å²) in [4.78, 5) is 62.6. The van der Waals surface area contributed by atoms with Crippen LogP contribution < -0.4 is 31.5 Å². The van der Waals surface area contributed by atoms with Crippen molar-refractivity contribution < 1.29 is 24.6 Å². The molecule has 3 aromatic heterocycles. The molecule has 4 amide bonds. The third-order valence-electron chi connectivity index (χ3n) is 13.9. The van der Waals surface area contributed by atoms with E-state index in [0.717, 1.165) is 90.5 Å². The van der Waals surface area contributed by atoms with E-state index in [1.165, 1.54) is 4.90 Å². The molecule has 4 fully saturated rings. The van der Waals surface area contributed by atoms with Crippen molar-refractivity contribution in [1.82, 2.24) is 46.0 Å². The fourth-order valence-corrected chi connectivity index (χ4v) is 11.1. The number of urea groups is 1. The number of para-hydroxylation sites is 1. The van der Waals surface area contributed by atoms with Gasteiger partial charge in [-0.3, -0.25) is 9.59 Å². The van der Waals surface area contributed by atoms with E-state index in [0.29, 0.717) is 17.1 Å². The van der Waals surface area contributed by atoms with Crippen LogP contribution in [0.3, 0.4) is 0 Å². The number of piperazine rings is 1. The highest BCUT2D eigenvalue weighted by Crippen LogP contribution is 2.39. The van der Waals surface area contributed by atoms with E-state index in [1.54, 1.807) is 23.5 Å². The summed E-state index contributed by atoms with van der Waals surface area (Å²) in [6.45, 7) is 9.35. The maximum absolute atomic E-state index is 14.2. The maximum atomic E-state index is 14.2. The van der Waals surface area contributed by atoms with Crippen LogP contribution in [-0.4, -0.2) is 114 Å². The zero-order chi connectivity index (χ0) is 47.0. The molecule has 1 saturated carbocycles. The van der Waals surface area contributed by atoms with Gasteiger partial charge in [-0.1, -0.05) is 57.2 Å².